The van der Waals surface area contributed by atoms with Crippen molar-refractivity contribution >= 4 is 23.1 Å². The van der Waals surface area contributed by atoms with Crippen LogP contribution in [0, 0.1) is 26.1 Å². The van der Waals surface area contributed by atoms with E-state index in [4.69, 9.17) is 4.74 Å². The van der Waals surface area contributed by atoms with Crippen LogP contribution in [0.3, 0.4) is 0 Å². The third-order valence-electron chi connectivity index (χ3n) is 4.90. The molecule has 0 amide bonds. The van der Waals surface area contributed by atoms with Gasteiger partial charge in [-0.25, -0.2) is 0 Å². The van der Waals surface area contributed by atoms with Gasteiger partial charge in [-0.1, -0.05) is 36.4 Å². The summed E-state index contributed by atoms with van der Waals surface area (Å²) < 4.78 is 4.74. The maximum absolute atomic E-state index is 12.8. The molecule has 1 N–H and O–H groups in total. The van der Waals surface area contributed by atoms with E-state index in [-0.39, 0.29) is 28.9 Å². The van der Waals surface area contributed by atoms with E-state index in [1.807, 2.05) is 0 Å². The number of nitro benzene ring substituents is 2. The average molecular weight is 399 g/mol. The van der Waals surface area contributed by atoms with Gasteiger partial charge in [0.2, 0.25) is 0 Å². The molecule has 0 spiro atoms. The summed E-state index contributed by atoms with van der Waals surface area (Å²) in [5.41, 5.74) is -0.0622. The van der Waals surface area contributed by atoms with Crippen molar-refractivity contribution in [3.63, 3.8) is 0 Å². The second kappa shape index (κ2) is 8.15. The third kappa shape index (κ3) is 3.83. The standard InChI is InChI=1S/C19H17N3O7/c1-29-19(24)17-16(23)10-13(11-6-2-4-8-14(11)21(25)26)20-18(17)12-7-3-5-9-15(12)22(27)28/h2-9,13,17-18,20H,10H2,1H3. The Hall–Kier alpha value is -3.66. The Morgan fingerprint density at radius 2 is 1.52 bits per heavy atom. The lowest BCUT2D eigenvalue weighted by molar-refractivity contribution is -0.386. The number of ketones is 1. The van der Waals surface area contributed by atoms with Crippen molar-refractivity contribution < 1.29 is 24.2 Å². The Balaban J connectivity index is 2.11. The molecule has 3 unspecified atom stereocenters. The molecule has 1 aliphatic heterocycles. The van der Waals surface area contributed by atoms with Gasteiger partial charge in [-0.3, -0.25) is 29.8 Å². The second-order valence-corrected chi connectivity index (χ2v) is 6.50. The SMILES string of the molecule is COC(=O)C1C(=O)CC(c2ccccc2[N+](=O)[O-])NC1c1ccccc1[N+](=O)[O-]. The van der Waals surface area contributed by atoms with Gasteiger partial charge in [-0.05, 0) is 0 Å². The average Bonchev–Trinajstić information content (AvgIpc) is 2.72. The number of hydrogen-bond donors (Lipinski definition) is 1. The van der Waals surface area contributed by atoms with Crippen molar-refractivity contribution in [1.82, 2.24) is 5.32 Å². The summed E-state index contributed by atoms with van der Waals surface area (Å²) in [7, 11) is 1.13. The summed E-state index contributed by atoms with van der Waals surface area (Å²) in [4.78, 5) is 46.8. The van der Waals surface area contributed by atoms with E-state index in [2.05, 4.69) is 5.32 Å². The zero-order chi connectivity index (χ0) is 21.1. The van der Waals surface area contributed by atoms with Crippen LogP contribution in [0.5, 0.6) is 0 Å². The molecule has 10 nitrogen and oxygen atoms in total. The summed E-state index contributed by atoms with van der Waals surface area (Å²) in [6.07, 6.45) is -0.193. The van der Waals surface area contributed by atoms with Crippen LogP contribution in [-0.2, 0) is 14.3 Å². The van der Waals surface area contributed by atoms with Crippen LogP contribution in [0.2, 0.25) is 0 Å². The maximum atomic E-state index is 12.8. The van der Waals surface area contributed by atoms with E-state index in [1.165, 1.54) is 36.4 Å². The Bertz CT molecular complexity index is 991. The van der Waals surface area contributed by atoms with Crippen LogP contribution in [0.4, 0.5) is 11.4 Å². The predicted molar refractivity (Wildman–Crippen MR) is 99.9 cm³/mol. The molecule has 0 aromatic heterocycles. The van der Waals surface area contributed by atoms with Gasteiger partial charge in [0, 0.05) is 35.7 Å². The fraction of sp³-hybridized carbons (Fsp3) is 0.263. The molecular formula is C19H17N3O7. The maximum Gasteiger partial charge on any atom is 0.318 e. The number of para-hydroxylation sites is 2. The molecule has 2 aromatic rings. The van der Waals surface area contributed by atoms with Crippen LogP contribution in [-0.4, -0.2) is 28.7 Å². The zero-order valence-electron chi connectivity index (χ0n) is 15.3. The first-order chi connectivity index (χ1) is 13.8. The number of nitrogens with zero attached hydrogens (tertiary/aromatic N) is 2. The predicted octanol–water partition coefficient (Wildman–Crippen LogP) is 2.64. The molecule has 10 heteroatoms. The monoisotopic (exact) mass is 399 g/mol. The smallest absolute Gasteiger partial charge is 0.318 e. The van der Waals surface area contributed by atoms with E-state index >= 15 is 0 Å². The van der Waals surface area contributed by atoms with Gasteiger partial charge < -0.3 is 10.1 Å². The van der Waals surface area contributed by atoms with Gasteiger partial charge >= 0.3 is 5.97 Å². The number of esters is 1. The molecule has 1 heterocycles. The lowest BCUT2D eigenvalue weighted by atomic mass is 9.80. The molecule has 0 radical (unpaired) electrons. The highest BCUT2D eigenvalue weighted by Gasteiger charge is 2.45. The minimum absolute atomic E-state index is 0.129. The highest BCUT2D eigenvalue weighted by Crippen LogP contribution is 2.40. The number of nitro groups is 2. The first kappa shape index (κ1) is 20.1. The molecule has 150 valence electrons. The number of methoxy groups -OCH3 is 1. The number of rotatable bonds is 5. The first-order valence-electron chi connectivity index (χ1n) is 8.68. The quantitative estimate of drug-likeness (QED) is 0.350. The topological polar surface area (TPSA) is 142 Å². The van der Waals surface area contributed by atoms with Crippen molar-refractivity contribution in [3.05, 3.63) is 79.9 Å². The Kier molecular flexibility index (Phi) is 5.64. The number of ether oxygens (including phenoxy) is 1. The Morgan fingerprint density at radius 3 is 2.07 bits per heavy atom. The van der Waals surface area contributed by atoms with Gasteiger partial charge in [0.05, 0.1) is 23.0 Å². The first-order valence-corrected chi connectivity index (χ1v) is 8.68. The lowest BCUT2D eigenvalue weighted by Gasteiger charge is -2.35. The lowest BCUT2D eigenvalue weighted by Crippen LogP contribution is -2.46. The van der Waals surface area contributed by atoms with E-state index in [0.717, 1.165) is 7.11 Å². The van der Waals surface area contributed by atoms with Crippen LogP contribution >= 0.6 is 0 Å². The molecule has 1 aliphatic rings. The van der Waals surface area contributed by atoms with Crippen molar-refractivity contribution in [1.29, 1.82) is 0 Å². The summed E-state index contributed by atoms with van der Waals surface area (Å²) in [6.45, 7) is 0. The summed E-state index contributed by atoms with van der Waals surface area (Å²) >= 11 is 0. The summed E-state index contributed by atoms with van der Waals surface area (Å²) in [6, 6.07) is 9.79. The molecule has 1 fully saturated rings. The molecule has 0 aliphatic carbocycles. The van der Waals surface area contributed by atoms with Crippen molar-refractivity contribution in [3.8, 4) is 0 Å². The summed E-state index contributed by atoms with van der Waals surface area (Å²) in [5, 5.41) is 25.9. The number of benzene rings is 2. The molecule has 0 saturated carbocycles. The minimum atomic E-state index is -1.31. The van der Waals surface area contributed by atoms with E-state index < -0.39 is 39.6 Å². The summed E-state index contributed by atoms with van der Waals surface area (Å²) in [5.74, 6) is -2.64. The highest BCUT2D eigenvalue weighted by atomic mass is 16.6. The van der Waals surface area contributed by atoms with Gasteiger partial charge in [-0.15, -0.1) is 0 Å². The Morgan fingerprint density at radius 1 is 1.00 bits per heavy atom. The molecule has 2 aromatic carbocycles. The fourth-order valence-electron chi connectivity index (χ4n) is 3.61. The molecular weight excluding hydrogens is 382 g/mol. The van der Waals surface area contributed by atoms with Crippen molar-refractivity contribution in [2.75, 3.05) is 7.11 Å². The second-order valence-electron chi connectivity index (χ2n) is 6.50. The molecule has 29 heavy (non-hydrogen) atoms. The number of Topliss-reactive ketones (excluding diaryl/α,β-unsaturated/α-hetero) is 1. The zero-order valence-corrected chi connectivity index (χ0v) is 15.3. The third-order valence-corrected chi connectivity index (χ3v) is 4.90. The van der Waals surface area contributed by atoms with E-state index in [9.17, 15) is 29.8 Å². The number of hydrogen-bond acceptors (Lipinski definition) is 8. The highest BCUT2D eigenvalue weighted by molar-refractivity contribution is 6.01. The van der Waals surface area contributed by atoms with Crippen LogP contribution in [0.15, 0.2) is 48.5 Å². The van der Waals surface area contributed by atoms with Crippen molar-refractivity contribution in [2.24, 2.45) is 5.92 Å². The normalized spacial score (nSPS) is 21.4. The Labute approximate surface area is 164 Å². The van der Waals surface area contributed by atoms with Crippen molar-refractivity contribution in [2.45, 2.75) is 18.5 Å². The molecule has 0 bridgehead atoms. The number of piperidine rings is 1. The van der Waals surface area contributed by atoms with E-state index in [1.54, 1.807) is 12.1 Å². The van der Waals surface area contributed by atoms with Crippen LogP contribution in [0.1, 0.15) is 29.6 Å². The fourth-order valence-corrected chi connectivity index (χ4v) is 3.61. The molecule has 3 rings (SSSR count). The largest absolute Gasteiger partial charge is 0.468 e. The van der Waals surface area contributed by atoms with Gasteiger partial charge in [0.25, 0.3) is 11.4 Å². The number of nitrogens with one attached hydrogen (secondary N) is 1. The van der Waals surface area contributed by atoms with Gasteiger partial charge in [0.15, 0.2) is 5.78 Å². The molecule has 1 saturated heterocycles. The van der Waals surface area contributed by atoms with Crippen LogP contribution < -0.4 is 5.32 Å². The van der Waals surface area contributed by atoms with Crippen LogP contribution in [0.25, 0.3) is 0 Å². The number of carbonyl (C=O) groups is 2. The van der Waals surface area contributed by atoms with E-state index in [0.29, 0.717) is 0 Å². The molecule has 3 atom stereocenters. The number of carbonyl (C=O) groups excluding carboxylic acids is 2. The minimum Gasteiger partial charge on any atom is -0.468 e. The van der Waals surface area contributed by atoms with Gasteiger partial charge in [0.1, 0.15) is 5.92 Å². The van der Waals surface area contributed by atoms with Gasteiger partial charge in [-0.2, -0.15) is 0 Å².